The fraction of sp³-hybridized carbons (Fsp3) is 0.800. The smallest absolute Gasteiger partial charge is 0.234 e. The SMILES string of the molecule is C=CCN(CCO)CC(=O)NC(C)CCCC(C)C. The second-order valence-corrected chi connectivity index (χ2v) is 5.54. The molecule has 0 aliphatic carbocycles. The van der Waals surface area contributed by atoms with Crippen molar-refractivity contribution in [2.45, 2.75) is 46.1 Å². The fourth-order valence-electron chi connectivity index (χ4n) is 1.99. The van der Waals surface area contributed by atoms with Gasteiger partial charge in [-0.3, -0.25) is 9.69 Å². The van der Waals surface area contributed by atoms with Crippen LogP contribution in [0, 0.1) is 5.92 Å². The van der Waals surface area contributed by atoms with Crippen molar-refractivity contribution in [2.75, 3.05) is 26.2 Å². The zero-order chi connectivity index (χ0) is 14.7. The summed E-state index contributed by atoms with van der Waals surface area (Å²) in [5.41, 5.74) is 0. The van der Waals surface area contributed by atoms with Crippen LogP contribution in [0.2, 0.25) is 0 Å². The van der Waals surface area contributed by atoms with Gasteiger partial charge in [0.15, 0.2) is 0 Å². The summed E-state index contributed by atoms with van der Waals surface area (Å²) in [5, 5.41) is 11.9. The third-order valence-corrected chi connectivity index (χ3v) is 3.00. The molecule has 0 radical (unpaired) electrons. The van der Waals surface area contributed by atoms with E-state index in [1.54, 1.807) is 6.08 Å². The van der Waals surface area contributed by atoms with Gasteiger partial charge in [0.25, 0.3) is 0 Å². The lowest BCUT2D eigenvalue weighted by atomic mass is 10.0. The molecule has 0 aromatic rings. The number of aliphatic hydroxyl groups is 1. The van der Waals surface area contributed by atoms with Gasteiger partial charge < -0.3 is 10.4 Å². The van der Waals surface area contributed by atoms with Gasteiger partial charge in [0.2, 0.25) is 5.91 Å². The van der Waals surface area contributed by atoms with E-state index in [0.29, 0.717) is 19.6 Å². The van der Waals surface area contributed by atoms with E-state index in [-0.39, 0.29) is 18.6 Å². The Labute approximate surface area is 117 Å². The summed E-state index contributed by atoms with van der Waals surface area (Å²) in [5.74, 6) is 0.739. The van der Waals surface area contributed by atoms with Crippen LogP contribution in [0.25, 0.3) is 0 Å². The van der Waals surface area contributed by atoms with E-state index in [2.05, 4.69) is 25.7 Å². The van der Waals surface area contributed by atoms with Crippen molar-refractivity contribution in [1.82, 2.24) is 10.2 Å². The predicted octanol–water partition coefficient (Wildman–Crippen LogP) is 1.80. The van der Waals surface area contributed by atoms with Crippen LogP contribution in [0.1, 0.15) is 40.0 Å². The van der Waals surface area contributed by atoms with Gasteiger partial charge in [-0.25, -0.2) is 0 Å². The Bertz CT molecular complexity index is 255. The van der Waals surface area contributed by atoms with Crippen LogP contribution in [-0.4, -0.2) is 48.2 Å². The average Bonchev–Trinajstić information content (AvgIpc) is 2.28. The van der Waals surface area contributed by atoms with E-state index < -0.39 is 0 Å². The number of nitrogens with one attached hydrogen (secondary N) is 1. The summed E-state index contributed by atoms with van der Waals surface area (Å²) in [7, 11) is 0. The van der Waals surface area contributed by atoms with Gasteiger partial charge in [0.05, 0.1) is 13.2 Å². The van der Waals surface area contributed by atoms with Gasteiger partial charge in [0, 0.05) is 19.1 Å². The number of hydrogen-bond donors (Lipinski definition) is 2. The highest BCUT2D eigenvalue weighted by molar-refractivity contribution is 5.78. The van der Waals surface area contributed by atoms with Crippen LogP contribution < -0.4 is 5.32 Å². The summed E-state index contributed by atoms with van der Waals surface area (Å²) in [6.07, 6.45) is 5.11. The van der Waals surface area contributed by atoms with Crippen LogP contribution in [0.3, 0.4) is 0 Å². The molecule has 0 bridgehead atoms. The van der Waals surface area contributed by atoms with Gasteiger partial charge in [-0.2, -0.15) is 0 Å². The lowest BCUT2D eigenvalue weighted by Gasteiger charge is -2.21. The van der Waals surface area contributed by atoms with Crippen molar-refractivity contribution in [3.8, 4) is 0 Å². The second-order valence-electron chi connectivity index (χ2n) is 5.54. The Morgan fingerprint density at radius 2 is 2.05 bits per heavy atom. The van der Waals surface area contributed by atoms with E-state index in [0.717, 1.165) is 18.8 Å². The topological polar surface area (TPSA) is 52.6 Å². The van der Waals surface area contributed by atoms with E-state index >= 15 is 0 Å². The van der Waals surface area contributed by atoms with Crippen LogP contribution in [0.5, 0.6) is 0 Å². The summed E-state index contributed by atoms with van der Waals surface area (Å²) in [6.45, 7) is 11.6. The summed E-state index contributed by atoms with van der Waals surface area (Å²) < 4.78 is 0. The standard InChI is InChI=1S/C15H30N2O2/c1-5-9-17(10-11-18)12-15(19)16-14(4)8-6-7-13(2)3/h5,13-14,18H,1,6-12H2,2-4H3,(H,16,19). The first-order valence-corrected chi connectivity index (χ1v) is 7.23. The average molecular weight is 270 g/mol. The highest BCUT2D eigenvalue weighted by Crippen LogP contribution is 2.08. The molecule has 0 spiro atoms. The maximum Gasteiger partial charge on any atom is 0.234 e. The van der Waals surface area contributed by atoms with Crippen molar-refractivity contribution in [1.29, 1.82) is 0 Å². The van der Waals surface area contributed by atoms with Gasteiger partial charge in [0.1, 0.15) is 0 Å². The Morgan fingerprint density at radius 3 is 2.58 bits per heavy atom. The number of rotatable bonds is 11. The van der Waals surface area contributed by atoms with E-state index in [9.17, 15) is 4.79 Å². The summed E-state index contributed by atoms with van der Waals surface area (Å²) in [6, 6.07) is 0.214. The molecule has 112 valence electrons. The van der Waals surface area contributed by atoms with Crippen LogP contribution in [0.4, 0.5) is 0 Å². The number of carbonyl (C=O) groups is 1. The largest absolute Gasteiger partial charge is 0.395 e. The molecular formula is C15H30N2O2. The quantitative estimate of drug-likeness (QED) is 0.563. The number of amides is 1. The van der Waals surface area contributed by atoms with Crippen molar-refractivity contribution in [3.05, 3.63) is 12.7 Å². The Kier molecular flexibility index (Phi) is 10.5. The van der Waals surface area contributed by atoms with Gasteiger partial charge in [-0.1, -0.05) is 32.8 Å². The van der Waals surface area contributed by atoms with Crippen molar-refractivity contribution in [3.63, 3.8) is 0 Å². The molecule has 0 fully saturated rings. The number of carbonyl (C=O) groups excluding carboxylic acids is 1. The first kappa shape index (κ1) is 18.1. The maximum atomic E-state index is 11.8. The zero-order valence-corrected chi connectivity index (χ0v) is 12.7. The molecule has 4 nitrogen and oxygen atoms in total. The summed E-state index contributed by atoms with van der Waals surface area (Å²) in [4.78, 5) is 13.7. The molecule has 0 saturated carbocycles. The predicted molar refractivity (Wildman–Crippen MR) is 80.0 cm³/mol. The molecule has 0 aromatic heterocycles. The molecule has 4 heteroatoms. The van der Waals surface area contributed by atoms with E-state index in [4.69, 9.17) is 5.11 Å². The van der Waals surface area contributed by atoms with E-state index in [1.165, 1.54) is 6.42 Å². The molecule has 0 aliphatic rings. The minimum Gasteiger partial charge on any atom is -0.395 e. The van der Waals surface area contributed by atoms with Crippen LogP contribution >= 0.6 is 0 Å². The van der Waals surface area contributed by atoms with Crippen LogP contribution in [0.15, 0.2) is 12.7 Å². The first-order valence-electron chi connectivity index (χ1n) is 7.23. The molecule has 2 N–H and O–H groups in total. The molecule has 0 aromatic carbocycles. The molecule has 1 atom stereocenters. The normalized spacial score (nSPS) is 12.7. The highest BCUT2D eigenvalue weighted by atomic mass is 16.3. The number of aliphatic hydroxyl groups excluding tert-OH is 1. The van der Waals surface area contributed by atoms with Gasteiger partial charge in [-0.05, 0) is 19.3 Å². The third kappa shape index (κ3) is 10.7. The van der Waals surface area contributed by atoms with Gasteiger partial charge in [-0.15, -0.1) is 6.58 Å². The fourth-order valence-corrected chi connectivity index (χ4v) is 1.99. The molecule has 0 rings (SSSR count). The lowest BCUT2D eigenvalue weighted by Crippen LogP contribution is -2.42. The summed E-state index contributed by atoms with van der Waals surface area (Å²) >= 11 is 0. The molecule has 19 heavy (non-hydrogen) atoms. The lowest BCUT2D eigenvalue weighted by molar-refractivity contribution is -0.122. The van der Waals surface area contributed by atoms with Crippen molar-refractivity contribution >= 4 is 5.91 Å². The maximum absolute atomic E-state index is 11.8. The zero-order valence-electron chi connectivity index (χ0n) is 12.7. The van der Waals surface area contributed by atoms with Gasteiger partial charge >= 0.3 is 0 Å². The van der Waals surface area contributed by atoms with Crippen LogP contribution in [-0.2, 0) is 4.79 Å². The van der Waals surface area contributed by atoms with Crippen molar-refractivity contribution in [2.24, 2.45) is 5.92 Å². The molecule has 1 unspecified atom stereocenters. The minimum absolute atomic E-state index is 0.0207. The minimum atomic E-state index is 0.0207. The number of nitrogens with zero attached hydrogens (tertiary/aromatic N) is 1. The Morgan fingerprint density at radius 1 is 1.37 bits per heavy atom. The highest BCUT2D eigenvalue weighted by Gasteiger charge is 2.11. The Hall–Kier alpha value is -0.870. The molecule has 0 aliphatic heterocycles. The second kappa shape index (κ2) is 11.0. The third-order valence-electron chi connectivity index (χ3n) is 3.00. The van der Waals surface area contributed by atoms with Crippen molar-refractivity contribution < 1.29 is 9.90 Å². The molecule has 0 saturated heterocycles. The monoisotopic (exact) mass is 270 g/mol. The Balaban J connectivity index is 3.89. The molecule has 1 amide bonds. The number of hydrogen-bond acceptors (Lipinski definition) is 3. The van der Waals surface area contributed by atoms with E-state index in [1.807, 2.05) is 11.8 Å². The first-order chi connectivity index (χ1) is 8.99. The molecule has 0 heterocycles. The molecular weight excluding hydrogens is 240 g/mol.